The van der Waals surface area contributed by atoms with Gasteiger partial charge in [-0.3, -0.25) is 9.78 Å². The number of carbonyl (C=O) groups is 2. The van der Waals surface area contributed by atoms with Crippen molar-refractivity contribution in [1.29, 1.82) is 0 Å². The molecular weight excluding hydrogens is 309 g/mol. The average molecular weight is 320 g/mol. The number of aliphatic carboxylic acids is 1. The van der Waals surface area contributed by atoms with E-state index < -0.39 is 29.3 Å². The van der Waals surface area contributed by atoms with Gasteiger partial charge in [0, 0.05) is 11.9 Å². The van der Waals surface area contributed by atoms with Gasteiger partial charge in [-0.15, -0.1) is 0 Å². The SMILES string of the molecule is O=C(NC1(C(=O)O)CCSC1)c1ccc(C(F)(F)F)nc1. The average Bonchev–Trinajstić information content (AvgIpc) is 2.88. The summed E-state index contributed by atoms with van der Waals surface area (Å²) in [5.74, 6) is -1.08. The Labute approximate surface area is 121 Å². The fourth-order valence-electron chi connectivity index (χ4n) is 1.87. The first kappa shape index (κ1) is 15.6. The maximum atomic E-state index is 12.4. The summed E-state index contributed by atoms with van der Waals surface area (Å²) in [5.41, 5.74) is -2.59. The summed E-state index contributed by atoms with van der Waals surface area (Å²) in [6.45, 7) is 0. The van der Waals surface area contributed by atoms with Crippen molar-refractivity contribution in [2.45, 2.75) is 18.1 Å². The van der Waals surface area contributed by atoms with Crippen molar-refractivity contribution in [2.24, 2.45) is 0 Å². The van der Waals surface area contributed by atoms with Crippen molar-refractivity contribution < 1.29 is 27.9 Å². The second-order valence-corrected chi connectivity index (χ2v) is 5.68. The number of nitrogens with one attached hydrogen (secondary N) is 1. The highest BCUT2D eigenvalue weighted by atomic mass is 32.2. The minimum atomic E-state index is -4.58. The van der Waals surface area contributed by atoms with Crippen molar-refractivity contribution in [3.8, 4) is 0 Å². The van der Waals surface area contributed by atoms with Crippen LogP contribution in [-0.2, 0) is 11.0 Å². The molecule has 21 heavy (non-hydrogen) atoms. The fraction of sp³-hybridized carbons (Fsp3) is 0.417. The van der Waals surface area contributed by atoms with Crippen LogP contribution in [0.5, 0.6) is 0 Å². The predicted molar refractivity (Wildman–Crippen MR) is 69.0 cm³/mol. The Balaban J connectivity index is 2.15. The van der Waals surface area contributed by atoms with Gasteiger partial charge in [-0.1, -0.05) is 0 Å². The number of amides is 1. The lowest BCUT2D eigenvalue weighted by molar-refractivity contribution is -0.143. The van der Waals surface area contributed by atoms with Crippen LogP contribution in [0.25, 0.3) is 0 Å². The molecule has 0 spiro atoms. The number of hydrogen-bond acceptors (Lipinski definition) is 4. The summed E-state index contributed by atoms with van der Waals surface area (Å²) in [6.07, 6.45) is -3.53. The Morgan fingerprint density at radius 3 is 2.52 bits per heavy atom. The Morgan fingerprint density at radius 1 is 1.38 bits per heavy atom. The van der Waals surface area contributed by atoms with Crippen LogP contribution in [0.4, 0.5) is 13.2 Å². The van der Waals surface area contributed by atoms with Crippen LogP contribution in [0.2, 0.25) is 0 Å². The third-order valence-corrected chi connectivity index (χ3v) is 4.29. The molecule has 1 aromatic heterocycles. The zero-order valence-electron chi connectivity index (χ0n) is 10.6. The van der Waals surface area contributed by atoms with E-state index in [0.717, 1.165) is 12.3 Å². The van der Waals surface area contributed by atoms with Crippen LogP contribution in [0.3, 0.4) is 0 Å². The van der Waals surface area contributed by atoms with Gasteiger partial charge in [0.1, 0.15) is 11.2 Å². The molecule has 0 saturated carbocycles. The summed E-state index contributed by atoms with van der Waals surface area (Å²) < 4.78 is 37.1. The smallest absolute Gasteiger partial charge is 0.433 e. The van der Waals surface area contributed by atoms with E-state index in [1.807, 2.05) is 0 Å². The molecule has 1 unspecified atom stereocenters. The first-order valence-corrected chi connectivity index (χ1v) is 7.07. The Bertz CT molecular complexity index is 554. The molecule has 1 aliphatic heterocycles. The number of alkyl halides is 3. The molecule has 1 amide bonds. The largest absolute Gasteiger partial charge is 0.479 e. The maximum absolute atomic E-state index is 12.4. The van der Waals surface area contributed by atoms with Crippen molar-refractivity contribution in [3.05, 3.63) is 29.6 Å². The van der Waals surface area contributed by atoms with Crippen LogP contribution in [0.1, 0.15) is 22.5 Å². The highest BCUT2D eigenvalue weighted by Crippen LogP contribution is 2.29. The third kappa shape index (κ3) is 3.29. The molecule has 0 bridgehead atoms. The number of rotatable bonds is 3. The number of carboxylic acid groups (broad SMARTS) is 1. The number of pyridine rings is 1. The summed E-state index contributed by atoms with van der Waals surface area (Å²) in [7, 11) is 0. The molecule has 1 saturated heterocycles. The molecule has 5 nitrogen and oxygen atoms in total. The van der Waals surface area contributed by atoms with E-state index in [-0.39, 0.29) is 17.7 Å². The molecule has 1 aliphatic rings. The lowest BCUT2D eigenvalue weighted by Crippen LogP contribution is -2.54. The third-order valence-electron chi connectivity index (χ3n) is 3.10. The topological polar surface area (TPSA) is 79.3 Å². The van der Waals surface area contributed by atoms with Gasteiger partial charge in [0.15, 0.2) is 0 Å². The molecule has 0 aliphatic carbocycles. The lowest BCUT2D eigenvalue weighted by Gasteiger charge is -2.24. The van der Waals surface area contributed by atoms with Crippen LogP contribution in [-0.4, -0.2) is 39.0 Å². The molecule has 2 N–H and O–H groups in total. The summed E-state index contributed by atoms with van der Waals surface area (Å²) in [4.78, 5) is 26.4. The molecule has 1 fully saturated rings. The predicted octanol–water partition coefficient (Wildman–Crippen LogP) is 1.79. The number of carboxylic acids is 1. The van der Waals surface area contributed by atoms with E-state index in [2.05, 4.69) is 10.3 Å². The zero-order valence-corrected chi connectivity index (χ0v) is 11.4. The molecule has 2 rings (SSSR count). The molecular formula is C12H11F3N2O3S. The number of thioether (sulfide) groups is 1. The van der Waals surface area contributed by atoms with Crippen LogP contribution < -0.4 is 5.32 Å². The molecule has 1 aromatic rings. The summed E-state index contributed by atoms with van der Waals surface area (Å²) in [6, 6.07) is 1.66. The second kappa shape index (κ2) is 5.55. The van der Waals surface area contributed by atoms with Crippen LogP contribution in [0.15, 0.2) is 18.3 Å². The van der Waals surface area contributed by atoms with E-state index in [0.29, 0.717) is 11.8 Å². The Kier molecular flexibility index (Phi) is 4.13. The van der Waals surface area contributed by atoms with E-state index in [4.69, 9.17) is 0 Å². The van der Waals surface area contributed by atoms with Gasteiger partial charge in [-0.25, -0.2) is 4.79 Å². The van der Waals surface area contributed by atoms with Gasteiger partial charge < -0.3 is 10.4 Å². The summed E-state index contributed by atoms with van der Waals surface area (Å²) in [5, 5.41) is 11.6. The van der Waals surface area contributed by atoms with Gasteiger partial charge in [-0.2, -0.15) is 24.9 Å². The number of aromatic nitrogens is 1. The lowest BCUT2D eigenvalue weighted by atomic mass is 9.98. The van der Waals surface area contributed by atoms with Gasteiger partial charge >= 0.3 is 12.1 Å². The monoisotopic (exact) mass is 320 g/mol. The van der Waals surface area contributed by atoms with Crippen molar-refractivity contribution in [2.75, 3.05) is 11.5 Å². The van der Waals surface area contributed by atoms with Crippen LogP contribution >= 0.6 is 11.8 Å². The molecule has 2 heterocycles. The van der Waals surface area contributed by atoms with Gasteiger partial charge in [-0.05, 0) is 24.3 Å². The molecule has 114 valence electrons. The normalized spacial score (nSPS) is 22.0. The van der Waals surface area contributed by atoms with E-state index >= 15 is 0 Å². The second-order valence-electron chi connectivity index (χ2n) is 4.57. The number of halogens is 3. The van der Waals surface area contributed by atoms with E-state index in [1.54, 1.807) is 0 Å². The van der Waals surface area contributed by atoms with E-state index in [9.17, 15) is 27.9 Å². The van der Waals surface area contributed by atoms with E-state index in [1.165, 1.54) is 11.8 Å². The Hall–Kier alpha value is -1.77. The minimum Gasteiger partial charge on any atom is -0.479 e. The standard InChI is InChI=1S/C12H11F3N2O3S/c13-12(14,15)8-2-1-7(5-16-8)9(18)17-11(10(19)20)3-4-21-6-11/h1-2,5H,3-4,6H2,(H,17,18)(H,19,20). The van der Waals surface area contributed by atoms with Gasteiger partial charge in [0.25, 0.3) is 5.91 Å². The van der Waals surface area contributed by atoms with Crippen LogP contribution in [0, 0.1) is 0 Å². The maximum Gasteiger partial charge on any atom is 0.433 e. The van der Waals surface area contributed by atoms with Gasteiger partial charge in [0.2, 0.25) is 0 Å². The van der Waals surface area contributed by atoms with Crippen molar-refractivity contribution >= 4 is 23.6 Å². The summed E-state index contributed by atoms with van der Waals surface area (Å²) >= 11 is 1.39. The minimum absolute atomic E-state index is 0.111. The quantitative estimate of drug-likeness (QED) is 0.888. The zero-order chi connectivity index (χ0) is 15.7. The molecule has 0 radical (unpaired) electrons. The highest BCUT2D eigenvalue weighted by Gasteiger charge is 2.43. The Morgan fingerprint density at radius 2 is 2.10 bits per heavy atom. The fourth-order valence-corrected chi connectivity index (χ4v) is 3.20. The molecule has 0 aromatic carbocycles. The van der Waals surface area contributed by atoms with Crippen molar-refractivity contribution in [3.63, 3.8) is 0 Å². The van der Waals surface area contributed by atoms with Gasteiger partial charge in [0.05, 0.1) is 5.56 Å². The molecule has 1 atom stereocenters. The first-order chi connectivity index (χ1) is 9.74. The molecule has 9 heteroatoms. The number of carbonyl (C=O) groups excluding carboxylic acids is 1. The highest BCUT2D eigenvalue weighted by molar-refractivity contribution is 7.99. The number of hydrogen-bond donors (Lipinski definition) is 2. The van der Waals surface area contributed by atoms with Crippen molar-refractivity contribution in [1.82, 2.24) is 10.3 Å². The number of nitrogens with zero attached hydrogens (tertiary/aromatic N) is 1. The first-order valence-electron chi connectivity index (χ1n) is 5.91.